The molecule has 1 amide bonds. The summed E-state index contributed by atoms with van der Waals surface area (Å²) >= 11 is 0. The number of aryl methyl sites for hydroxylation is 3. The largest absolute Gasteiger partial charge is 0.478 e. The smallest absolute Gasteiger partial charge is 0.220 e. The number of hydrogen-bond donors (Lipinski definition) is 1. The number of nitrogens with zero attached hydrogens (tertiary/aromatic N) is 3. The minimum absolute atomic E-state index is 0.112. The quantitative estimate of drug-likeness (QED) is 0.600. The van der Waals surface area contributed by atoms with Gasteiger partial charge in [-0.2, -0.15) is 10.1 Å². The van der Waals surface area contributed by atoms with Crippen LogP contribution in [0.2, 0.25) is 0 Å². The molecule has 0 aliphatic heterocycles. The lowest BCUT2D eigenvalue weighted by molar-refractivity contribution is -0.121. The van der Waals surface area contributed by atoms with Gasteiger partial charge in [0.2, 0.25) is 11.8 Å². The van der Waals surface area contributed by atoms with Gasteiger partial charge in [0.1, 0.15) is 0 Å². The van der Waals surface area contributed by atoms with Crippen LogP contribution in [0.5, 0.6) is 5.88 Å². The van der Waals surface area contributed by atoms with Crippen LogP contribution in [0.25, 0.3) is 16.7 Å². The fourth-order valence-electron chi connectivity index (χ4n) is 4.56. The van der Waals surface area contributed by atoms with Gasteiger partial charge >= 0.3 is 0 Å². The molecule has 3 aromatic rings. The normalized spacial score (nSPS) is 14.3. The summed E-state index contributed by atoms with van der Waals surface area (Å²) in [7, 11) is 0. The summed E-state index contributed by atoms with van der Waals surface area (Å²) in [5.74, 6) is 0.718. The second-order valence-corrected chi connectivity index (χ2v) is 8.53. The maximum absolute atomic E-state index is 12.5. The first-order valence-corrected chi connectivity index (χ1v) is 11.4. The van der Waals surface area contributed by atoms with Gasteiger partial charge in [0.25, 0.3) is 0 Å². The molecule has 0 bridgehead atoms. The van der Waals surface area contributed by atoms with E-state index in [9.17, 15) is 4.79 Å². The molecule has 31 heavy (non-hydrogen) atoms. The Hall–Kier alpha value is -2.89. The molecule has 1 saturated carbocycles. The van der Waals surface area contributed by atoms with Crippen molar-refractivity contribution in [1.29, 1.82) is 0 Å². The van der Waals surface area contributed by atoms with E-state index in [0.29, 0.717) is 31.4 Å². The molecule has 1 aliphatic rings. The van der Waals surface area contributed by atoms with Crippen molar-refractivity contribution in [3.8, 4) is 11.6 Å². The number of amides is 1. The molecule has 1 aliphatic carbocycles. The van der Waals surface area contributed by atoms with Gasteiger partial charge < -0.3 is 10.1 Å². The molecule has 1 N–H and O–H groups in total. The van der Waals surface area contributed by atoms with E-state index in [-0.39, 0.29) is 5.91 Å². The Morgan fingerprint density at radius 3 is 2.55 bits per heavy atom. The minimum atomic E-state index is 0.112. The molecule has 0 atom stereocenters. The summed E-state index contributed by atoms with van der Waals surface area (Å²) in [5, 5.41) is 9.00. The fraction of sp³-hybridized carbons (Fsp3) is 0.480. The zero-order valence-corrected chi connectivity index (χ0v) is 19.0. The van der Waals surface area contributed by atoms with Crippen molar-refractivity contribution >= 4 is 16.9 Å². The van der Waals surface area contributed by atoms with Crippen molar-refractivity contribution < 1.29 is 9.53 Å². The SMILES string of the molecule is CCOc1nc2c(c(C)nn2-c2ccc(C)cc2)c(C)c1CCC(=O)NC1CCCC1. The summed E-state index contributed by atoms with van der Waals surface area (Å²) in [5.41, 5.74) is 6.00. The average molecular weight is 421 g/mol. The first kappa shape index (κ1) is 21.3. The lowest BCUT2D eigenvalue weighted by Gasteiger charge is -2.15. The number of carbonyl (C=O) groups is 1. The van der Waals surface area contributed by atoms with Crippen molar-refractivity contribution in [2.24, 2.45) is 0 Å². The number of carbonyl (C=O) groups excluding carboxylic acids is 1. The minimum Gasteiger partial charge on any atom is -0.478 e. The highest BCUT2D eigenvalue weighted by atomic mass is 16.5. The number of nitrogens with one attached hydrogen (secondary N) is 1. The van der Waals surface area contributed by atoms with Gasteiger partial charge in [-0.05, 0) is 64.7 Å². The molecule has 164 valence electrons. The van der Waals surface area contributed by atoms with Crippen molar-refractivity contribution in [3.63, 3.8) is 0 Å². The highest BCUT2D eigenvalue weighted by Crippen LogP contribution is 2.32. The molecule has 1 fully saturated rings. The fourth-order valence-corrected chi connectivity index (χ4v) is 4.56. The molecular formula is C25H32N4O2. The number of pyridine rings is 1. The third kappa shape index (κ3) is 4.43. The number of benzene rings is 1. The van der Waals surface area contributed by atoms with Gasteiger partial charge in [-0.25, -0.2) is 4.68 Å². The van der Waals surface area contributed by atoms with Gasteiger partial charge in [-0.1, -0.05) is 30.5 Å². The zero-order valence-electron chi connectivity index (χ0n) is 19.0. The highest BCUT2D eigenvalue weighted by molar-refractivity contribution is 5.86. The van der Waals surface area contributed by atoms with Crippen LogP contribution >= 0.6 is 0 Å². The zero-order chi connectivity index (χ0) is 22.0. The van der Waals surface area contributed by atoms with Crippen LogP contribution in [0.4, 0.5) is 0 Å². The van der Waals surface area contributed by atoms with Crippen LogP contribution in [-0.2, 0) is 11.2 Å². The monoisotopic (exact) mass is 420 g/mol. The van der Waals surface area contributed by atoms with E-state index < -0.39 is 0 Å². The van der Waals surface area contributed by atoms with Gasteiger partial charge in [0, 0.05) is 23.4 Å². The summed E-state index contributed by atoms with van der Waals surface area (Å²) in [4.78, 5) is 17.4. The van der Waals surface area contributed by atoms with Crippen LogP contribution < -0.4 is 10.1 Å². The standard InChI is InChI=1S/C25H32N4O2/c1-5-31-25-21(14-15-22(30)26-19-8-6-7-9-19)17(3)23-18(4)28-29(24(23)27-25)20-12-10-16(2)11-13-20/h10-13,19H,5-9,14-15H2,1-4H3,(H,26,30). The summed E-state index contributed by atoms with van der Waals surface area (Å²) in [6.45, 7) is 8.65. The van der Waals surface area contributed by atoms with E-state index in [1.165, 1.54) is 18.4 Å². The van der Waals surface area contributed by atoms with Gasteiger partial charge in [0.15, 0.2) is 5.65 Å². The summed E-state index contributed by atoms with van der Waals surface area (Å²) < 4.78 is 7.81. The third-order valence-corrected chi connectivity index (χ3v) is 6.21. The Morgan fingerprint density at radius 2 is 1.87 bits per heavy atom. The highest BCUT2D eigenvalue weighted by Gasteiger charge is 2.22. The van der Waals surface area contributed by atoms with E-state index in [1.807, 2.05) is 18.5 Å². The van der Waals surface area contributed by atoms with E-state index >= 15 is 0 Å². The Balaban J connectivity index is 1.67. The van der Waals surface area contributed by atoms with E-state index in [1.54, 1.807) is 0 Å². The Morgan fingerprint density at radius 1 is 1.16 bits per heavy atom. The number of fused-ring (bicyclic) bond motifs is 1. The van der Waals surface area contributed by atoms with Gasteiger partial charge in [0.05, 0.1) is 18.0 Å². The molecule has 6 heteroatoms. The third-order valence-electron chi connectivity index (χ3n) is 6.21. The molecule has 1 aromatic carbocycles. The second kappa shape index (κ2) is 9.08. The Kier molecular flexibility index (Phi) is 6.25. The van der Waals surface area contributed by atoms with Crippen LogP contribution in [0.1, 0.15) is 61.4 Å². The molecule has 0 spiro atoms. The Bertz CT molecular complexity index is 1080. The number of hydrogen-bond acceptors (Lipinski definition) is 4. The van der Waals surface area contributed by atoms with Crippen molar-refractivity contribution in [2.45, 2.75) is 72.3 Å². The predicted octanol–water partition coefficient (Wildman–Crippen LogP) is 4.74. The second-order valence-electron chi connectivity index (χ2n) is 8.53. The number of aromatic nitrogens is 3. The maximum atomic E-state index is 12.5. The van der Waals surface area contributed by atoms with E-state index in [4.69, 9.17) is 14.8 Å². The molecule has 2 aromatic heterocycles. The van der Waals surface area contributed by atoms with Crippen LogP contribution in [-0.4, -0.2) is 33.3 Å². The van der Waals surface area contributed by atoms with Gasteiger partial charge in [-0.15, -0.1) is 0 Å². The van der Waals surface area contributed by atoms with Crippen LogP contribution in [0.15, 0.2) is 24.3 Å². The van der Waals surface area contributed by atoms with Crippen LogP contribution in [0, 0.1) is 20.8 Å². The Labute approximate surface area is 184 Å². The van der Waals surface area contributed by atoms with Crippen LogP contribution in [0.3, 0.4) is 0 Å². The topological polar surface area (TPSA) is 69.0 Å². The molecule has 0 saturated heterocycles. The number of ether oxygens (including phenoxy) is 1. The van der Waals surface area contributed by atoms with E-state index in [2.05, 4.69) is 43.4 Å². The lowest BCUT2D eigenvalue weighted by atomic mass is 10.0. The molecule has 0 unspecified atom stereocenters. The van der Waals surface area contributed by atoms with Crippen molar-refractivity contribution in [1.82, 2.24) is 20.1 Å². The average Bonchev–Trinajstić information content (AvgIpc) is 3.36. The molecule has 4 rings (SSSR count). The van der Waals surface area contributed by atoms with Crippen molar-refractivity contribution in [2.75, 3.05) is 6.61 Å². The first-order valence-electron chi connectivity index (χ1n) is 11.4. The molecular weight excluding hydrogens is 388 g/mol. The van der Waals surface area contributed by atoms with E-state index in [0.717, 1.165) is 46.4 Å². The predicted molar refractivity (Wildman–Crippen MR) is 123 cm³/mol. The van der Waals surface area contributed by atoms with Gasteiger partial charge in [-0.3, -0.25) is 4.79 Å². The maximum Gasteiger partial charge on any atom is 0.220 e. The molecule has 6 nitrogen and oxygen atoms in total. The summed E-state index contributed by atoms with van der Waals surface area (Å²) in [6.07, 6.45) is 5.67. The number of rotatable bonds is 7. The molecule has 2 heterocycles. The summed E-state index contributed by atoms with van der Waals surface area (Å²) in [6, 6.07) is 8.60. The van der Waals surface area contributed by atoms with Crippen molar-refractivity contribution in [3.05, 3.63) is 46.6 Å². The lowest BCUT2D eigenvalue weighted by Crippen LogP contribution is -2.32. The first-order chi connectivity index (χ1) is 15.0. The molecule has 0 radical (unpaired) electrons.